The maximum Gasteiger partial charge on any atom is 0.573 e. The number of hydrogen-bond acceptors (Lipinski definition) is 4. The predicted molar refractivity (Wildman–Crippen MR) is 110 cm³/mol. The second-order valence-electron chi connectivity index (χ2n) is 8.37. The average molecular weight is 437 g/mol. The van der Waals surface area contributed by atoms with Gasteiger partial charge in [0.2, 0.25) is 0 Å². The van der Waals surface area contributed by atoms with Gasteiger partial charge >= 0.3 is 6.36 Å². The molecule has 1 aliphatic heterocycles. The minimum atomic E-state index is -4.81. The van der Waals surface area contributed by atoms with Crippen LogP contribution < -0.4 is 14.2 Å². The van der Waals surface area contributed by atoms with Gasteiger partial charge in [-0.3, -0.25) is 4.79 Å². The van der Waals surface area contributed by atoms with Crippen LogP contribution in [0.1, 0.15) is 44.0 Å². The van der Waals surface area contributed by atoms with Crippen LogP contribution in [0.4, 0.5) is 13.2 Å². The van der Waals surface area contributed by atoms with Crippen molar-refractivity contribution in [3.05, 3.63) is 54.1 Å². The number of ether oxygens (including phenoxy) is 3. The van der Waals surface area contributed by atoms with Gasteiger partial charge in [-0.1, -0.05) is 6.07 Å². The molecule has 0 aliphatic carbocycles. The standard InChI is InChI=1S/C23H26F3NO4/c1-22(2,3)30-19-11-9-18(10-12-19)29-15-17-7-5-13-27(17)21(28)16-6-4-8-20(14-16)31-23(24,25)26/h4,6,8-12,14,17H,5,7,13,15H2,1-3H3. The molecule has 3 rings (SSSR count). The molecule has 0 saturated carbocycles. The van der Waals surface area contributed by atoms with Gasteiger partial charge in [0.25, 0.3) is 5.91 Å². The second-order valence-corrected chi connectivity index (χ2v) is 8.37. The summed E-state index contributed by atoms with van der Waals surface area (Å²) in [4.78, 5) is 14.5. The number of nitrogens with zero attached hydrogens (tertiary/aromatic N) is 1. The van der Waals surface area contributed by atoms with E-state index in [0.717, 1.165) is 24.7 Å². The lowest BCUT2D eigenvalue weighted by Gasteiger charge is -2.25. The van der Waals surface area contributed by atoms with Gasteiger partial charge in [0.15, 0.2) is 0 Å². The molecule has 1 saturated heterocycles. The van der Waals surface area contributed by atoms with E-state index in [0.29, 0.717) is 18.9 Å². The molecule has 31 heavy (non-hydrogen) atoms. The molecule has 1 atom stereocenters. The molecule has 1 aliphatic rings. The van der Waals surface area contributed by atoms with E-state index >= 15 is 0 Å². The van der Waals surface area contributed by atoms with Gasteiger partial charge in [0.1, 0.15) is 29.5 Å². The van der Waals surface area contributed by atoms with E-state index in [1.165, 1.54) is 18.2 Å². The Morgan fingerprint density at radius 3 is 2.32 bits per heavy atom. The molecule has 1 fully saturated rings. The fraction of sp³-hybridized carbons (Fsp3) is 0.435. The maximum absolute atomic E-state index is 12.9. The number of amides is 1. The first kappa shape index (κ1) is 22.8. The molecule has 1 unspecified atom stereocenters. The summed E-state index contributed by atoms with van der Waals surface area (Å²) in [7, 11) is 0. The summed E-state index contributed by atoms with van der Waals surface area (Å²) in [5.41, 5.74) is -0.146. The lowest BCUT2D eigenvalue weighted by atomic mass is 10.1. The third kappa shape index (κ3) is 6.80. The number of rotatable bonds is 6. The van der Waals surface area contributed by atoms with Crippen molar-refractivity contribution in [2.45, 2.75) is 51.6 Å². The van der Waals surface area contributed by atoms with Crippen LogP contribution in [0.2, 0.25) is 0 Å². The molecule has 8 heteroatoms. The summed E-state index contributed by atoms with van der Waals surface area (Å²) >= 11 is 0. The Morgan fingerprint density at radius 2 is 1.68 bits per heavy atom. The van der Waals surface area contributed by atoms with E-state index in [1.807, 2.05) is 32.9 Å². The lowest BCUT2D eigenvalue weighted by Crippen LogP contribution is -2.39. The molecule has 2 aromatic rings. The molecular formula is C23H26F3NO4. The van der Waals surface area contributed by atoms with Gasteiger partial charge in [-0.05, 0) is 76.1 Å². The summed E-state index contributed by atoms with van der Waals surface area (Å²) in [6.07, 6.45) is -3.24. The van der Waals surface area contributed by atoms with E-state index in [9.17, 15) is 18.0 Å². The Hall–Kier alpha value is -2.90. The van der Waals surface area contributed by atoms with E-state index < -0.39 is 12.1 Å². The Balaban J connectivity index is 1.61. The topological polar surface area (TPSA) is 48.0 Å². The normalized spacial score (nSPS) is 16.8. The van der Waals surface area contributed by atoms with E-state index in [-0.39, 0.29) is 23.1 Å². The zero-order chi connectivity index (χ0) is 22.6. The SMILES string of the molecule is CC(C)(C)Oc1ccc(OCC2CCCN2C(=O)c2cccc(OC(F)(F)F)c2)cc1. The Labute approximate surface area is 179 Å². The first-order valence-corrected chi connectivity index (χ1v) is 10.1. The fourth-order valence-electron chi connectivity index (χ4n) is 3.42. The van der Waals surface area contributed by atoms with Crippen LogP contribution in [-0.4, -0.2) is 42.0 Å². The quantitative estimate of drug-likeness (QED) is 0.603. The third-order valence-corrected chi connectivity index (χ3v) is 4.64. The van der Waals surface area contributed by atoms with Gasteiger partial charge < -0.3 is 19.1 Å². The van der Waals surface area contributed by atoms with E-state index in [4.69, 9.17) is 9.47 Å². The molecule has 5 nitrogen and oxygen atoms in total. The molecule has 168 valence electrons. The zero-order valence-corrected chi connectivity index (χ0v) is 17.7. The largest absolute Gasteiger partial charge is 0.573 e. The van der Waals surface area contributed by atoms with Gasteiger partial charge in [0.05, 0.1) is 6.04 Å². The van der Waals surface area contributed by atoms with Gasteiger partial charge in [-0.2, -0.15) is 0 Å². The van der Waals surface area contributed by atoms with Gasteiger partial charge in [0, 0.05) is 12.1 Å². The maximum atomic E-state index is 12.9. The van der Waals surface area contributed by atoms with Crippen molar-refractivity contribution in [2.24, 2.45) is 0 Å². The predicted octanol–water partition coefficient (Wildman–Crippen LogP) is 5.45. The Bertz CT molecular complexity index is 891. The first-order valence-electron chi connectivity index (χ1n) is 10.1. The number of carbonyl (C=O) groups excluding carboxylic acids is 1. The monoisotopic (exact) mass is 437 g/mol. The van der Waals surface area contributed by atoms with Crippen LogP contribution in [0.3, 0.4) is 0 Å². The molecule has 0 radical (unpaired) electrons. The molecular weight excluding hydrogens is 411 g/mol. The highest BCUT2D eigenvalue weighted by atomic mass is 19.4. The van der Waals surface area contributed by atoms with Crippen LogP contribution in [-0.2, 0) is 0 Å². The smallest absolute Gasteiger partial charge is 0.491 e. The molecule has 0 N–H and O–H groups in total. The number of alkyl halides is 3. The van der Waals surface area contributed by atoms with Crippen molar-refractivity contribution in [3.63, 3.8) is 0 Å². The van der Waals surface area contributed by atoms with Crippen molar-refractivity contribution < 1.29 is 32.2 Å². The van der Waals surface area contributed by atoms with Crippen LogP contribution in [0.5, 0.6) is 17.2 Å². The van der Waals surface area contributed by atoms with Crippen LogP contribution in [0.25, 0.3) is 0 Å². The molecule has 0 aromatic heterocycles. The minimum absolute atomic E-state index is 0.150. The third-order valence-electron chi connectivity index (χ3n) is 4.64. The molecule has 1 heterocycles. The fourth-order valence-corrected chi connectivity index (χ4v) is 3.42. The minimum Gasteiger partial charge on any atom is -0.491 e. The Kier molecular flexibility index (Phi) is 6.67. The average Bonchev–Trinajstić information content (AvgIpc) is 3.13. The van der Waals surface area contributed by atoms with Crippen molar-refractivity contribution in [1.29, 1.82) is 0 Å². The second kappa shape index (κ2) is 9.08. The number of halogens is 3. The van der Waals surface area contributed by atoms with Gasteiger partial charge in [-0.25, -0.2) is 0 Å². The number of benzene rings is 2. The highest BCUT2D eigenvalue weighted by Crippen LogP contribution is 2.27. The van der Waals surface area contributed by atoms with Crippen molar-refractivity contribution in [2.75, 3.05) is 13.2 Å². The van der Waals surface area contributed by atoms with E-state index in [2.05, 4.69) is 4.74 Å². The summed E-state index contributed by atoms with van der Waals surface area (Å²) in [5, 5.41) is 0. The molecule has 2 aromatic carbocycles. The zero-order valence-electron chi connectivity index (χ0n) is 17.7. The highest BCUT2D eigenvalue weighted by Gasteiger charge is 2.33. The van der Waals surface area contributed by atoms with Crippen LogP contribution in [0, 0.1) is 0 Å². The highest BCUT2D eigenvalue weighted by molar-refractivity contribution is 5.95. The van der Waals surface area contributed by atoms with Crippen LogP contribution in [0.15, 0.2) is 48.5 Å². The number of hydrogen-bond donors (Lipinski definition) is 0. The summed E-state index contributed by atoms with van der Waals surface area (Å²) in [6.45, 7) is 6.72. The molecule has 0 spiro atoms. The Morgan fingerprint density at radius 1 is 1.00 bits per heavy atom. The van der Waals surface area contributed by atoms with E-state index in [1.54, 1.807) is 17.0 Å². The summed E-state index contributed by atoms with van der Waals surface area (Å²) < 4.78 is 53.0. The molecule has 0 bridgehead atoms. The molecule has 1 amide bonds. The van der Waals surface area contributed by atoms with Crippen molar-refractivity contribution >= 4 is 5.91 Å². The van der Waals surface area contributed by atoms with Crippen LogP contribution >= 0.6 is 0 Å². The summed E-state index contributed by atoms with van der Waals surface area (Å²) in [6, 6.07) is 12.2. The summed E-state index contributed by atoms with van der Waals surface area (Å²) in [5.74, 6) is 0.634. The van der Waals surface area contributed by atoms with Crippen molar-refractivity contribution in [3.8, 4) is 17.2 Å². The number of likely N-dealkylation sites (tertiary alicyclic amines) is 1. The number of carbonyl (C=O) groups is 1. The van der Waals surface area contributed by atoms with Gasteiger partial charge in [-0.15, -0.1) is 13.2 Å². The van der Waals surface area contributed by atoms with Crippen molar-refractivity contribution in [1.82, 2.24) is 4.90 Å². The first-order chi connectivity index (χ1) is 14.5. The lowest BCUT2D eigenvalue weighted by molar-refractivity contribution is -0.274.